The first-order valence-electron chi connectivity index (χ1n) is 7.09. The van der Waals surface area contributed by atoms with Crippen LogP contribution in [-0.4, -0.2) is 62.9 Å². The predicted octanol–water partition coefficient (Wildman–Crippen LogP) is -1.20. The Labute approximate surface area is 130 Å². The lowest BCUT2D eigenvalue weighted by Gasteiger charge is -2.29. The molecule has 2 fully saturated rings. The Bertz CT molecular complexity index is 627. The van der Waals surface area contributed by atoms with Crippen molar-refractivity contribution in [2.75, 3.05) is 6.61 Å². The van der Waals surface area contributed by atoms with Gasteiger partial charge in [0.15, 0.2) is 6.10 Å². The van der Waals surface area contributed by atoms with Gasteiger partial charge in [-0.15, -0.1) is 0 Å². The number of rotatable bonds is 3. The van der Waals surface area contributed by atoms with E-state index >= 15 is 0 Å². The molecule has 2 heterocycles. The first kappa shape index (κ1) is 15.7. The zero-order valence-corrected chi connectivity index (χ0v) is 12.0. The van der Waals surface area contributed by atoms with E-state index in [2.05, 4.69) is 0 Å². The minimum absolute atomic E-state index is 0.0103. The van der Waals surface area contributed by atoms with E-state index < -0.39 is 48.4 Å². The molecule has 0 aromatic heterocycles. The number of aliphatic hydroxyl groups excluding tert-OH is 3. The van der Waals surface area contributed by atoms with Gasteiger partial charge in [-0.25, -0.2) is 4.79 Å². The van der Waals surface area contributed by atoms with E-state index in [9.17, 15) is 24.9 Å². The second-order valence-electron chi connectivity index (χ2n) is 5.68. The smallest absolute Gasteiger partial charge is 0.354 e. The zero-order chi connectivity index (χ0) is 16.8. The number of cyclic esters (lactones) is 1. The van der Waals surface area contributed by atoms with Gasteiger partial charge in [-0.2, -0.15) is 0 Å². The van der Waals surface area contributed by atoms with Gasteiger partial charge in [-0.3, -0.25) is 4.79 Å². The number of carbonyl (C=O) groups is 2. The summed E-state index contributed by atoms with van der Waals surface area (Å²) in [5, 5.41) is 38.5. The molecule has 0 amide bonds. The van der Waals surface area contributed by atoms with Gasteiger partial charge in [-0.1, -0.05) is 12.1 Å². The van der Waals surface area contributed by atoms with Crippen molar-refractivity contribution in [3.05, 3.63) is 29.8 Å². The largest absolute Gasteiger partial charge is 0.508 e. The second-order valence-corrected chi connectivity index (χ2v) is 5.68. The van der Waals surface area contributed by atoms with E-state index in [1.807, 2.05) is 0 Å². The SMILES string of the molecule is O=C1C[C@H](c2ccc(O)cc2)[C@@]2(O1)C(=O)O[C@H]([C@@H](O)CO)[C@H]2O. The summed E-state index contributed by atoms with van der Waals surface area (Å²) in [5.41, 5.74) is -1.46. The van der Waals surface area contributed by atoms with Crippen LogP contribution in [0.1, 0.15) is 17.9 Å². The van der Waals surface area contributed by atoms with Crippen LogP contribution >= 0.6 is 0 Å². The Morgan fingerprint density at radius 2 is 1.91 bits per heavy atom. The maximum Gasteiger partial charge on any atom is 0.354 e. The summed E-state index contributed by atoms with van der Waals surface area (Å²) in [6, 6.07) is 5.80. The third-order valence-corrected chi connectivity index (χ3v) is 4.35. The van der Waals surface area contributed by atoms with Crippen molar-refractivity contribution >= 4 is 11.9 Å². The van der Waals surface area contributed by atoms with Gasteiger partial charge >= 0.3 is 11.9 Å². The van der Waals surface area contributed by atoms with Gasteiger partial charge in [0, 0.05) is 5.92 Å². The number of hydrogen-bond donors (Lipinski definition) is 4. The number of esters is 2. The normalized spacial score (nSPS) is 34.5. The molecule has 1 aromatic carbocycles. The number of hydrogen-bond acceptors (Lipinski definition) is 8. The molecular weight excluding hydrogens is 308 g/mol. The summed E-state index contributed by atoms with van der Waals surface area (Å²) in [7, 11) is 0. The van der Waals surface area contributed by atoms with Crippen molar-refractivity contribution in [1.29, 1.82) is 0 Å². The van der Waals surface area contributed by atoms with Crippen molar-refractivity contribution in [3.8, 4) is 5.75 Å². The van der Waals surface area contributed by atoms with Crippen LogP contribution in [0.25, 0.3) is 0 Å². The second kappa shape index (κ2) is 5.48. The van der Waals surface area contributed by atoms with E-state index in [0.29, 0.717) is 5.56 Å². The highest BCUT2D eigenvalue weighted by molar-refractivity contribution is 5.91. The van der Waals surface area contributed by atoms with Gasteiger partial charge < -0.3 is 29.9 Å². The van der Waals surface area contributed by atoms with Crippen LogP contribution in [0.2, 0.25) is 0 Å². The summed E-state index contributed by atoms with van der Waals surface area (Å²) in [5.74, 6) is -2.46. The highest BCUT2D eigenvalue weighted by Gasteiger charge is 2.69. The van der Waals surface area contributed by atoms with Crippen LogP contribution in [-0.2, 0) is 19.1 Å². The van der Waals surface area contributed by atoms with Gasteiger partial charge in [0.25, 0.3) is 0 Å². The molecule has 124 valence electrons. The maximum atomic E-state index is 12.3. The van der Waals surface area contributed by atoms with Gasteiger partial charge in [0.2, 0.25) is 5.60 Å². The van der Waals surface area contributed by atoms with Crippen LogP contribution in [0.5, 0.6) is 5.75 Å². The minimum atomic E-state index is -1.96. The number of aromatic hydroxyl groups is 1. The molecule has 0 bridgehead atoms. The van der Waals surface area contributed by atoms with Crippen LogP contribution in [0.4, 0.5) is 0 Å². The van der Waals surface area contributed by atoms with Crippen molar-refractivity contribution < 1.29 is 39.5 Å². The fraction of sp³-hybridized carbons (Fsp3) is 0.467. The fourth-order valence-corrected chi connectivity index (χ4v) is 3.18. The monoisotopic (exact) mass is 324 g/mol. The molecule has 8 heteroatoms. The molecule has 2 aliphatic heterocycles. The van der Waals surface area contributed by atoms with Crippen molar-refractivity contribution in [2.24, 2.45) is 0 Å². The van der Waals surface area contributed by atoms with Crippen molar-refractivity contribution in [1.82, 2.24) is 0 Å². The molecule has 1 aromatic rings. The van der Waals surface area contributed by atoms with Crippen LogP contribution in [0.15, 0.2) is 24.3 Å². The number of benzene rings is 1. The zero-order valence-electron chi connectivity index (χ0n) is 12.0. The summed E-state index contributed by atoms with van der Waals surface area (Å²) in [6.45, 7) is -0.719. The van der Waals surface area contributed by atoms with E-state index in [1.165, 1.54) is 24.3 Å². The van der Waals surface area contributed by atoms with Gasteiger partial charge in [0.05, 0.1) is 13.0 Å². The van der Waals surface area contributed by atoms with Crippen LogP contribution in [0.3, 0.4) is 0 Å². The predicted molar refractivity (Wildman–Crippen MR) is 73.3 cm³/mol. The van der Waals surface area contributed by atoms with E-state index in [-0.39, 0.29) is 12.2 Å². The molecule has 3 rings (SSSR count). The number of ether oxygens (including phenoxy) is 2. The van der Waals surface area contributed by atoms with Crippen LogP contribution < -0.4 is 0 Å². The van der Waals surface area contributed by atoms with Crippen molar-refractivity contribution in [2.45, 2.75) is 36.3 Å². The molecule has 0 saturated carbocycles. The molecule has 0 aliphatic carbocycles. The Morgan fingerprint density at radius 1 is 1.26 bits per heavy atom. The fourth-order valence-electron chi connectivity index (χ4n) is 3.18. The van der Waals surface area contributed by atoms with Crippen LogP contribution in [0, 0.1) is 0 Å². The van der Waals surface area contributed by atoms with E-state index in [4.69, 9.17) is 14.6 Å². The molecule has 5 atom stereocenters. The first-order chi connectivity index (χ1) is 10.9. The average Bonchev–Trinajstić information content (AvgIpc) is 3.01. The number of aliphatic hydroxyl groups is 3. The third-order valence-electron chi connectivity index (χ3n) is 4.35. The molecule has 1 spiro atoms. The standard InChI is InChI=1S/C15H16O8/c16-6-10(18)12-13(20)15(14(21)22-12)9(5-11(19)23-15)7-1-3-8(17)4-2-7/h1-4,9-10,12-13,16-18,20H,5-6H2/t9-,10+,12-,13-,15+/m1/s1. The molecule has 0 unspecified atom stereocenters. The van der Waals surface area contributed by atoms with Gasteiger partial charge in [-0.05, 0) is 17.7 Å². The first-order valence-corrected chi connectivity index (χ1v) is 7.09. The summed E-state index contributed by atoms with van der Waals surface area (Å²) >= 11 is 0. The molecule has 8 nitrogen and oxygen atoms in total. The average molecular weight is 324 g/mol. The van der Waals surface area contributed by atoms with Crippen molar-refractivity contribution in [3.63, 3.8) is 0 Å². The molecule has 2 aliphatic rings. The molecular formula is C15H16O8. The Balaban J connectivity index is 2.02. The van der Waals surface area contributed by atoms with E-state index in [0.717, 1.165) is 0 Å². The summed E-state index contributed by atoms with van der Waals surface area (Å²) < 4.78 is 10.1. The number of phenols is 1. The Hall–Kier alpha value is -2.16. The summed E-state index contributed by atoms with van der Waals surface area (Å²) in [6.07, 6.45) is -4.66. The quantitative estimate of drug-likeness (QED) is 0.510. The summed E-state index contributed by atoms with van der Waals surface area (Å²) in [4.78, 5) is 24.1. The third kappa shape index (κ3) is 2.26. The molecule has 0 radical (unpaired) electrons. The topological polar surface area (TPSA) is 134 Å². The lowest BCUT2D eigenvalue weighted by atomic mass is 9.77. The lowest BCUT2D eigenvalue weighted by molar-refractivity contribution is -0.169. The molecule has 23 heavy (non-hydrogen) atoms. The minimum Gasteiger partial charge on any atom is -0.508 e. The molecule has 2 saturated heterocycles. The Kier molecular flexibility index (Phi) is 3.75. The highest BCUT2D eigenvalue weighted by Crippen LogP contribution is 2.48. The lowest BCUT2D eigenvalue weighted by Crippen LogP contribution is -2.52. The maximum absolute atomic E-state index is 12.3. The Morgan fingerprint density at radius 3 is 2.52 bits per heavy atom. The highest BCUT2D eigenvalue weighted by atomic mass is 16.6. The van der Waals surface area contributed by atoms with Gasteiger partial charge in [0.1, 0.15) is 18.0 Å². The number of phenolic OH excluding ortho intramolecular Hbond substituents is 1. The molecule has 4 N–H and O–H groups in total. The number of carbonyl (C=O) groups excluding carboxylic acids is 2. The van der Waals surface area contributed by atoms with E-state index in [1.54, 1.807) is 0 Å².